The van der Waals surface area contributed by atoms with Gasteiger partial charge in [0.1, 0.15) is 11.9 Å². The maximum atomic E-state index is 5.79. The third-order valence-corrected chi connectivity index (χ3v) is 3.97. The highest BCUT2D eigenvalue weighted by Gasteiger charge is 2.19. The number of ether oxygens (including phenoxy) is 1. The van der Waals surface area contributed by atoms with Gasteiger partial charge in [-0.1, -0.05) is 12.1 Å². The number of thioether (sulfide) groups is 1. The summed E-state index contributed by atoms with van der Waals surface area (Å²) in [6.45, 7) is 0.792. The second-order valence-corrected chi connectivity index (χ2v) is 5.24. The van der Waals surface area contributed by atoms with Crippen LogP contribution in [0.25, 0.3) is 0 Å². The van der Waals surface area contributed by atoms with Crippen molar-refractivity contribution in [1.29, 1.82) is 0 Å². The van der Waals surface area contributed by atoms with Crippen LogP contribution < -0.4 is 10.5 Å². The third kappa shape index (κ3) is 3.42. The van der Waals surface area contributed by atoms with Crippen LogP contribution in [0, 0.1) is 0 Å². The third-order valence-electron chi connectivity index (χ3n) is 2.75. The van der Waals surface area contributed by atoms with E-state index in [0.717, 1.165) is 36.6 Å². The lowest BCUT2D eigenvalue weighted by molar-refractivity contribution is 0.240. The van der Waals surface area contributed by atoms with Gasteiger partial charge in [0.15, 0.2) is 0 Å². The molecule has 0 saturated carbocycles. The second-order valence-electron chi connectivity index (χ2n) is 4.17. The van der Waals surface area contributed by atoms with Gasteiger partial charge in [-0.15, -0.1) is 0 Å². The highest BCUT2D eigenvalue weighted by Crippen LogP contribution is 2.24. The molecule has 1 saturated heterocycles. The van der Waals surface area contributed by atoms with E-state index in [0.29, 0.717) is 6.10 Å². The Morgan fingerprint density at radius 1 is 1.19 bits per heavy atom. The Balaban J connectivity index is 1.78. The fraction of sp³-hybridized carbons (Fsp3) is 0.538. The van der Waals surface area contributed by atoms with Gasteiger partial charge in [0.05, 0.1) is 0 Å². The summed E-state index contributed by atoms with van der Waals surface area (Å²) in [7, 11) is 0. The van der Waals surface area contributed by atoms with E-state index < -0.39 is 0 Å². The van der Waals surface area contributed by atoms with Crippen LogP contribution in [0.5, 0.6) is 5.75 Å². The van der Waals surface area contributed by atoms with E-state index in [1.54, 1.807) is 0 Å². The van der Waals surface area contributed by atoms with E-state index in [9.17, 15) is 0 Å². The van der Waals surface area contributed by atoms with E-state index in [1.807, 2.05) is 11.8 Å². The first kappa shape index (κ1) is 11.8. The Morgan fingerprint density at radius 3 is 2.50 bits per heavy atom. The van der Waals surface area contributed by atoms with Crippen LogP contribution in [0.3, 0.4) is 0 Å². The van der Waals surface area contributed by atoms with Gasteiger partial charge in [-0.05, 0) is 43.5 Å². The van der Waals surface area contributed by atoms with Crippen molar-refractivity contribution in [3.8, 4) is 5.75 Å². The average Bonchev–Trinajstić information content (AvgIpc) is 2.26. The minimum absolute atomic E-state index is 0.438. The van der Waals surface area contributed by atoms with Crippen LogP contribution in [0.4, 0.5) is 0 Å². The molecule has 16 heavy (non-hydrogen) atoms. The highest BCUT2D eigenvalue weighted by molar-refractivity contribution is 8.00. The topological polar surface area (TPSA) is 35.2 Å². The Labute approximate surface area is 102 Å². The molecule has 0 radical (unpaired) electrons. The maximum absolute atomic E-state index is 5.79. The molecule has 1 aromatic rings. The van der Waals surface area contributed by atoms with E-state index in [1.165, 1.54) is 12.0 Å². The van der Waals surface area contributed by atoms with Crippen molar-refractivity contribution in [2.75, 3.05) is 18.1 Å². The van der Waals surface area contributed by atoms with E-state index in [4.69, 9.17) is 10.5 Å². The standard InChI is InChI=1S/C13H19NOS/c14-8-2-1-3-11-4-6-12(7-5-11)15-13-9-16-10-13/h4-7,13H,1-3,8-10,14H2. The molecule has 1 heterocycles. The molecule has 1 aromatic carbocycles. The smallest absolute Gasteiger partial charge is 0.119 e. The largest absolute Gasteiger partial charge is 0.489 e. The van der Waals surface area contributed by atoms with Crippen molar-refractivity contribution in [1.82, 2.24) is 0 Å². The SMILES string of the molecule is NCCCCc1ccc(OC2CSC2)cc1. The summed E-state index contributed by atoms with van der Waals surface area (Å²) in [5.74, 6) is 3.28. The van der Waals surface area contributed by atoms with Gasteiger partial charge >= 0.3 is 0 Å². The van der Waals surface area contributed by atoms with Gasteiger partial charge in [-0.2, -0.15) is 11.8 Å². The van der Waals surface area contributed by atoms with Crippen LogP contribution >= 0.6 is 11.8 Å². The molecule has 0 amide bonds. The van der Waals surface area contributed by atoms with Crippen LogP contribution in [-0.2, 0) is 6.42 Å². The first-order valence-electron chi connectivity index (χ1n) is 5.92. The summed E-state index contributed by atoms with van der Waals surface area (Å²) in [6.07, 6.45) is 3.85. The lowest BCUT2D eigenvalue weighted by Crippen LogP contribution is -2.30. The molecule has 2 rings (SSSR count). The van der Waals surface area contributed by atoms with Crippen molar-refractivity contribution >= 4 is 11.8 Å². The van der Waals surface area contributed by atoms with Crippen molar-refractivity contribution in [2.24, 2.45) is 5.73 Å². The highest BCUT2D eigenvalue weighted by atomic mass is 32.2. The number of benzene rings is 1. The molecule has 0 atom stereocenters. The minimum Gasteiger partial charge on any atom is -0.489 e. The first-order chi connectivity index (χ1) is 7.88. The summed E-state index contributed by atoms with van der Waals surface area (Å²) in [6, 6.07) is 8.50. The molecule has 88 valence electrons. The van der Waals surface area contributed by atoms with Crippen molar-refractivity contribution in [3.05, 3.63) is 29.8 Å². The van der Waals surface area contributed by atoms with Crippen LogP contribution in [0.15, 0.2) is 24.3 Å². The van der Waals surface area contributed by atoms with Gasteiger partial charge in [0.25, 0.3) is 0 Å². The summed E-state index contributed by atoms with van der Waals surface area (Å²) in [4.78, 5) is 0. The van der Waals surface area contributed by atoms with Crippen LogP contribution in [0.1, 0.15) is 18.4 Å². The number of rotatable bonds is 6. The van der Waals surface area contributed by atoms with Gasteiger partial charge in [0, 0.05) is 11.5 Å². The molecule has 1 fully saturated rings. The van der Waals surface area contributed by atoms with Crippen LogP contribution in [-0.4, -0.2) is 24.2 Å². The van der Waals surface area contributed by atoms with E-state index in [-0.39, 0.29) is 0 Å². The zero-order valence-electron chi connectivity index (χ0n) is 9.52. The van der Waals surface area contributed by atoms with Crippen molar-refractivity contribution < 1.29 is 4.74 Å². The van der Waals surface area contributed by atoms with Gasteiger partial charge in [-0.25, -0.2) is 0 Å². The maximum Gasteiger partial charge on any atom is 0.119 e. The predicted octanol–water partition coefficient (Wildman–Crippen LogP) is 2.46. The molecule has 3 heteroatoms. The first-order valence-corrected chi connectivity index (χ1v) is 7.07. The second kappa shape index (κ2) is 6.16. The molecule has 0 aliphatic carbocycles. The van der Waals surface area contributed by atoms with E-state index >= 15 is 0 Å². The molecule has 0 spiro atoms. The van der Waals surface area contributed by atoms with Crippen molar-refractivity contribution in [2.45, 2.75) is 25.4 Å². The van der Waals surface area contributed by atoms with Crippen LogP contribution in [0.2, 0.25) is 0 Å². The predicted molar refractivity (Wildman–Crippen MR) is 70.2 cm³/mol. The summed E-state index contributed by atoms with van der Waals surface area (Å²) in [5.41, 5.74) is 6.85. The van der Waals surface area contributed by atoms with Gasteiger partial charge < -0.3 is 10.5 Å². The monoisotopic (exact) mass is 237 g/mol. The fourth-order valence-electron chi connectivity index (χ4n) is 1.68. The van der Waals surface area contributed by atoms with E-state index in [2.05, 4.69) is 24.3 Å². The summed E-state index contributed by atoms with van der Waals surface area (Å²) in [5, 5.41) is 0. The number of aryl methyl sites for hydroxylation is 1. The molecule has 1 aliphatic rings. The summed E-state index contributed by atoms with van der Waals surface area (Å²) >= 11 is 1.94. The molecule has 2 nitrogen and oxygen atoms in total. The lowest BCUT2D eigenvalue weighted by Gasteiger charge is -2.25. The number of hydrogen-bond donors (Lipinski definition) is 1. The molecular weight excluding hydrogens is 218 g/mol. The molecule has 0 unspecified atom stereocenters. The Hall–Kier alpha value is -0.670. The molecule has 0 bridgehead atoms. The minimum atomic E-state index is 0.438. The Kier molecular flexibility index (Phi) is 4.55. The summed E-state index contributed by atoms with van der Waals surface area (Å²) < 4.78 is 5.79. The average molecular weight is 237 g/mol. The number of hydrogen-bond acceptors (Lipinski definition) is 3. The Bertz CT molecular complexity index is 308. The zero-order valence-corrected chi connectivity index (χ0v) is 10.3. The Morgan fingerprint density at radius 2 is 1.94 bits per heavy atom. The lowest BCUT2D eigenvalue weighted by atomic mass is 10.1. The van der Waals surface area contributed by atoms with Gasteiger partial charge in [0.2, 0.25) is 0 Å². The quantitative estimate of drug-likeness (QED) is 0.772. The molecule has 2 N–H and O–H groups in total. The zero-order chi connectivity index (χ0) is 11.2. The molecular formula is C13H19NOS. The fourth-order valence-corrected chi connectivity index (χ4v) is 2.25. The number of unbranched alkanes of at least 4 members (excludes halogenated alkanes) is 1. The number of nitrogens with two attached hydrogens (primary N) is 1. The normalized spacial score (nSPS) is 15.8. The molecule has 1 aliphatic heterocycles. The van der Waals surface area contributed by atoms with Crippen molar-refractivity contribution in [3.63, 3.8) is 0 Å². The molecule has 0 aromatic heterocycles. The van der Waals surface area contributed by atoms with Gasteiger partial charge in [-0.3, -0.25) is 0 Å².